The van der Waals surface area contributed by atoms with Crippen LogP contribution in [-0.2, 0) is 26.0 Å². The van der Waals surface area contributed by atoms with Crippen molar-refractivity contribution in [3.05, 3.63) is 17.0 Å². The van der Waals surface area contributed by atoms with Crippen LogP contribution in [-0.4, -0.2) is 20.5 Å². The number of carbonyl (C=O) groups is 1. The van der Waals surface area contributed by atoms with Crippen molar-refractivity contribution in [2.75, 3.05) is 0 Å². The van der Waals surface area contributed by atoms with Crippen LogP contribution in [0.3, 0.4) is 0 Å². The molecule has 0 saturated heterocycles. The Hall–Kier alpha value is -0.920. The molecule has 7 heteroatoms. The Bertz CT molecular complexity index is 534. The second-order valence-electron chi connectivity index (χ2n) is 4.87. The molecule has 0 saturated carbocycles. The zero-order chi connectivity index (χ0) is 14.6. The lowest BCUT2D eigenvalue weighted by Gasteiger charge is -2.14. The highest BCUT2D eigenvalue weighted by atomic mass is 32.2. The molecule has 19 heavy (non-hydrogen) atoms. The molecule has 1 atom stereocenters. The molecule has 5 nitrogen and oxygen atoms in total. The van der Waals surface area contributed by atoms with Crippen molar-refractivity contribution in [3.8, 4) is 0 Å². The molecule has 0 aliphatic heterocycles. The normalized spacial score (nSPS) is 13.5. The molecule has 0 aromatic carbocycles. The number of thiophene rings is 1. The molecule has 0 aliphatic rings. The molecule has 1 rings (SSSR count). The third-order valence-electron chi connectivity index (χ3n) is 2.37. The van der Waals surface area contributed by atoms with Gasteiger partial charge >= 0.3 is 5.97 Å². The highest BCUT2D eigenvalue weighted by molar-refractivity contribution is 7.91. The molecule has 0 bridgehead atoms. The van der Waals surface area contributed by atoms with Gasteiger partial charge in [-0.1, -0.05) is 13.8 Å². The lowest BCUT2D eigenvalue weighted by Crippen LogP contribution is -2.18. The number of nitrogens with two attached hydrogens (primary N) is 1. The molecule has 0 fully saturated rings. The second-order valence-corrected chi connectivity index (χ2v) is 7.83. The highest BCUT2D eigenvalue weighted by Gasteiger charge is 2.15. The maximum Gasteiger partial charge on any atom is 0.311 e. The van der Waals surface area contributed by atoms with Crippen LogP contribution in [0, 0.1) is 5.92 Å². The Morgan fingerprint density at radius 1 is 1.37 bits per heavy atom. The van der Waals surface area contributed by atoms with Crippen LogP contribution in [0.4, 0.5) is 0 Å². The Labute approximate surface area is 117 Å². The summed E-state index contributed by atoms with van der Waals surface area (Å²) in [7, 11) is -3.69. The van der Waals surface area contributed by atoms with Crippen LogP contribution >= 0.6 is 11.3 Å². The SMILES string of the molecule is CC(C)CC(C)OC(=O)Cc1ccc(S(N)(=O)=O)s1. The van der Waals surface area contributed by atoms with Crippen molar-refractivity contribution in [3.63, 3.8) is 0 Å². The molecule has 0 spiro atoms. The number of sulfonamides is 1. The topological polar surface area (TPSA) is 86.5 Å². The first-order valence-corrected chi connectivity index (χ1v) is 8.35. The molecule has 1 unspecified atom stereocenters. The van der Waals surface area contributed by atoms with E-state index in [1.165, 1.54) is 6.07 Å². The van der Waals surface area contributed by atoms with E-state index < -0.39 is 10.0 Å². The largest absolute Gasteiger partial charge is 0.462 e. The van der Waals surface area contributed by atoms with Crippen LogP contribution < -0.4 is 5.14 Å². The minimum atomic E-state index is -3.69. The second kappa shape index (κ2) is 6.49. The van der Waals surface area contributed by atoms with E-state index in [0.717, 1.165) is 17.8 Å². The smallest absolute Gasteiger partial charge is 0.311 e. The quantitative estimate of drug-likeness (QED) is 0.813. The summed E-state index contributed by atoms with van der Waals surface area (Å²) in [6.45, 7) is 5.96. The van der Waals surface area contributed by atoms with Gasteiger partial charge < -0.3 is 4.74 Å². The zero-order valence-electron chi connectivity index (χ0n) is 11.3. The van der Waals surface area contributed by atoms with Gasteiger partial charge in [0.2, 0.25) is 10.0 Å². The summed E-state index contributed by atoms with van der Waals surface area (Å²) in [6.07, 6.45) is 0.742. The van der Waals surface area contributed by atoms with E-state index in [4.69, 9.17) is 9.88 Å². The maximum absolute atomic E-state index is 11.7. The molecule has 0 amide bonds. The van der Waals surface area contributed by atoms with Gasteiger partial charge in [-0.2, -0.15) is 0 Å². The van der Waals surface area contributed by atoms with E-state index >= 15 is 0 Å². The number of hydrogen-bond donors (Lipinski definition) is 1. The third kappa shape index (κ3) is 5.71. The minimum Gasteiger partial charge on any atom is -0.462 e. The monoisotopic (exact) mass is 305 g/mol. The van der Waals surface area contributed by atoms with Gasteiger partial charge in [0, 0.05) is 4.88 Å². The standard InChI is InChI=1S/C12H19NO4S2/c1-8(2)6-9(3)17-11(14)7-10-4-5-12(18-10)19(13,15)16/h4-5,8-9H,6-7H2,1-3H3,(H2,13,15,16). The van der Waals surface area contributed by atoms with E-state index in [0.29, 0.717) is 10.8 Å². The number of ether oxygens (including phenoxy) is 1. The van der Waals surface area contributed by atoms with Crippen molar-refractivity contribution in [2.45, 2.75) is 43.9 Å². The molecule has 1 heterocycles. The summed E-state index contributed by atoms with van der Waals surface area (Å²) in [5.74, 6) is 0.106. The predicted octanol–water partition coefficient (Wildman–Crippen LogP) is 1.92. The highest BCUT2D eigenvalue weighted by Crippen LogP contribution is 2.21. The molecule has 2 N–H and O–H groups in total. The number of primary sulfonamides is 1. The van der Waals surface area contributed by atoms with E-state index in [-0.39, 0.29) is 22.7 Å². The van der Waals surface area contributed by atoms with Crippen molar-refractivity contribution in [1.29, 1.82) is 0 Å². The Kier molecular flexibility index (Phi) is 5.51. The molecule has 108 valence electrons. The lowest BCUT2D eigenvalue weighted by atomic mass is 10.1. The number of hydrogen-bond acceptors (Lipinski definition) is 5. The van der Waals surface area contributed by atoms with Gasteiger partial charge in [0.15, 0.2) is 0 Å². The van der Waals surface area contributed by atoms with Crippen LogP contribution in [0.15, 0.2) is 16.3 Å². The molecular formula is C12H19NO4S2. The summed E-state index contributed by atoms with van der Waals surface area (Å²) in [6, 6.07) is 2.99. The summed E-state index contributed by atoms with van der Waals surface area (Å²) < 4.78 is 27.5. The summed E-state index contributed by atoms with van der Waals surface area (Å²) in [5, 5.41) is 5.00. The first-order chi connectivity index (χ1) is 8.68. The minimum absolute atomic E-state index is 0.0607. The van der Waals surface area contributed by atoms with Crippen LogP contribution in [0.5, 0.6) is 0 Å². The molecule has 0 radical (unpaired) electrons. The van der Waals surface area contributed by atoms with Gasteiger partial charge in [0.25, 0.3) is 0 Å². The first-order valence-electron chi connectivity index (χ1n) is 5.99. The van der Waals surface area contributed by atoms with Crippen molar-refractivity contribution >= 4 is 27.3 Å². The fourth-order valence-electron chi connectivity index (χ4n) is 1.73. The van der Waals surface area contributed by atoms with E-state index in [9.17, 15) is 13.2 Å². The lowest BCUT2D eigenvalue weighted by molar-refractivity contribution is -0.147. The van der Waals surface area contributed by atoms with Crippen LogP contribution in [0.2, 0.25) is 0 Å². The predicted molar refractivity (Wildman–Crippen MR) is 74.4 cm³/mol. The molecular weight excluding hydrogens is 286 g/mol. The van der Waals surface area contributed by atoms with Crippen molar-refractivity contribution in [2.24, 2.45) is 11.1 Å². The van der Waals surface area contributed by atoms with E-state index in [1.54, 1.807) is 6.07 Å². The number of esters is 1. The Morgan fingerprint density at radius 2 is 2.00 bits per heavy atom. The van der Waals surface area contributed by atoms with Gasteiger partial charge in [0.1, 0.15) is 4.21 Å². The van der Waals surface area contributed by atoms with Crippen LogP contribution in [0.25, 0.3) is 0 Å². The summed E-state index contributed by atoms with van der Waals surface area (Å²) in [4.78, 5) is 12.3. The van der Waals surface area contributed by atoms with Crippen LogP contribution in [0.1, 0.15) is 32.1 Å². The third-order valence-corrected chi connectivity index (χ3v) is 4.90. The molecule has 0 aliphatic carbocycles. The van der Waals surface area contributed by atoms with Gasteiger partial charge in [-0.3, -0.25) is 4.79 Å². The average Bonchev–Trinajstić information content (AvgIpc) is 2.63. The molecule has 1 aromatic rings. The Morgan fingerprint density at radius 3 is 2.47 bits per heavy atom. The fraction of sp³-hybridized carbons (Fsp3) is 0.583. The average molecular weight is 305 g/mol. The first kappa shape index (κ1) is 16.1. The van der Waals surface area contributed by atoms with Crippen molar-refractivity contribution in [1.82, 2.24) is 0 Å². The van der Waals surface area contributed by atoms with Gasteiger partial charge in [-0.15, -0.1) is 11.3 Å². The van der Waals surface area contributed by atoms with E-state index in [2.05, 4.69) is 13.8 Å². The Balaban J connectivity index is 2.56. The van der Waals surface area contributed by atoms with E-state index in [1.807, 2.05) is 6.92 Å². The molecule has 1 aromatic heterocycles. The summed E-state index contributed by atoms with van der Waals surface area (Å²) in [5.41, 5.74) is 0. The fourth-order valence-corrected chi connectivity index (χ4v) is 3.49. The van der Waals surface area contributed by atoms with Crippen molar-refractivity contribution < 1.29 is 17.9 Å². The summed E-state index contributed by atoms with van der Waals surface area (Å²) >= 11 is 0.995. The number of carbonyl (C=O) groups excluding carboxylic acids is 1. The zero-order valence-corrected chi connectivity index (χ0v) is 12.9. The maximum atomic E-state index is 11.7. The van der Waals surface area contributed by atoms with Gasteiger partial charge in [0.05, 0.1) is 12.5 Å². The van der Waals surface area contributed by atoms with Gasteiger partial charge in [-0.05, 0) is 31.4 Å². The number of rotatable bonds is 6. The van der Waals surface area contributed by atoms with Gasteiger partial charge in [-0.25, -0.2) is 13.6 Å².